The van der Waals surface area contributed by atoms with E-state index < -0.39 is 0 Å². The van der Waals surface area contributed by atoms with Crippen LogP contribution in [0.25, 0.3) is 0 Å². The molecule has 0 radical (unpaired) electrons. The van der Waals surface area contributed by atoms with Gasteiger partial charge in [-0.05, 0) is 27.0 Å². The molecule has 0 saturated carbocycles. The van der Waals surface area contributed by atoms with Gasteiger partial charge in [0.25, 0.3) is 0 Å². The van der Waals surface area contributed by atoms with Crippen LogP contribution in [-0.4, -0.2) is 61.5 Å². The summed E-state index contributed by atoms with van der Waals surface area (Å²) in [5, 5.41) is 0. The number of carbonyl (C=O) groups excluding carboxylic acids is 1. The third-order valence-corrected chi connectivity index (χ3v) is 5.85. The molecule has 0 aromatic heterocycles. The van der Waals surface area contributed by atoms with Crippen LogP contribution in [0.15, 0.2) is 29.8 Å². The van der Waals surface area contributed by atoms with E-state index in [1.54, 1.807) is 0 Å². The van der Waals surface area contributed by atoms with Crippen molar-refractivity contribution in [3.8, 4) is 5.75 Å². The van der Waals surface area contributed by atoms with E-state index in [1.807, 2.05) is 6.07 Å². The second-order valence-corrected chi connectivity index (χ2v) is 7.77. The normalized spacial score (nSPS) is 30.5. The molecule has 24 heavy (non-hydrogen) atoms. The molecule has 2 heterocycles. The van der Waals surface area contributed by atoms with E-state index >= 15 is 0 Å². The topological polar surface area (TPSA) is 32.8 Å². The Hall–Kier alpha value is -1.65. The van der Waals surface area contributed by atoms with Gasteiger partial charge in [0.15, 0.2) is 5.78 Å². The van der Waals surface area contributed by atoms with Gasteiger partial charge < -0.3 is 9.64 Å². The quantitative estimate of drug-likeness (QED) is 0.834. The number of aryl methyl sites for hydroxylation is 1. The van der Waals surface area contributed by atoms with E-state index in [1.165, 1.54) is 11.1 Å². The SMILES string of the molecule is Cc1ccc2c(c1)[C@@]1(C)C=C(CN3CCN(C)CC3)C(=O)C[C@@H]1O2. The summed E-state index contributed by atoms with van der Waals surface area (Å²) in [7, 11) is 2.16. The van der Waals surface area contributed by atoms with E-state index in [0.717, 1.165) is 44.0 Å². The number of hydrogen-bond acceptors (Lipinski definition) is 4. The zero-order chi connectivity index (χ0) is 16.9. The first-order valence-corrected chi connectivity index (χ1v) is 8.89. The summed E-state index contributed by atoms with van der Waals surface area (Å²) in [4.78, 5) is 17.4. The molecule has 0 spiro atoms. The number of hydrogen-bond donors (Lipinski definition) is 0. The van der Waals surface area contributed by atoms with E-state index in [4.69, 9.17) is 4.74 Å². The summed E-state index contributed by atoms with van der Waals surface area (Å²) < 4.78 is 6.11. The van der Waals surface area contributed by atoms with Gasteiger partial charge in [-0.1, -0.05) is 23.8 Å². The summed E-state index contributed by atoms with van der Waals surface area (Å²) in [6.45, 7) is 9.33. The molecule has 1 fully saturated rings. The largest absolute Gasteiger partial charge is 0.488 e. The molecule has 0 amide bonds. The van der Waals surface area contributed by atoms with Gasteiger partial charge in [0, 0.05) is 50.3 Å². The second kappa shape index (κ2) is 5.71. The predicted molar refractivity (Wildman–Crippen MR) is 94.6 cm³/mol. The first kappa shape index (κ1) is 15.9. The van der Waals surface area contributed by atoms with Crippen LogP contribution in [-0.2, 0) is 10.2 Å². The molecule has 1 saturated heterocycles. The Morgan fingerprint density at radius 2 is 2.00 bits per heavy atom. The number of fused-ring (bicyclic) bond motifs is 3. The van der Waals surface area contributed by atoms with Gasteiger partial charge in [0.2, 0.25) is 0 Å². The van der Waals surface area contributed by atoms with Crippen LogP contribution in [0.4, 0.5) is 0 Å². The molecule has 3 aliphatic rings. The molecular formula is C20H26N2O2. The van der Waals surface area contributed by atoms with Gasteiger partial charge in [-0.3, -0.25) is 9.69 Å². The molecular weight excluding hydrogens is 300 g/mol. The Kier molecular flexibility index (Phi) is 3.77. The zero-order valence-electron chi connectivity index (χ0n) is 14.8. The zero-order valence-corrected chi connectivity index (χ0v) is 14.8. The number of carbonyl (C=O) groups is 1. The lowest BCUT2D eigenvalue weighted by molar-refractivity contribution is -0.118. The van der Waals surface area contributed by atoms with E-state index in [9.17, 15) is 4.79 Å². The third kappa shape index (κ3) is 2.58. The van der Waals surface area contributed by atoms with Crippen molar-refractivity contribution >= 4 is 5.78 Å². The maximum atomic E-state index is 12.6. The van der Waals surface area contributed by atoms with Crippen molar-refractivity contribution in [2.75, 3.05) is 39.8 Å². The Morgan fingerprint density at radius 1 is 1.25 bits per heavy atom. The summed E-state index contributed by atoms with van der Waals surface area (Å²) >= 11 is 0. The number of ether oxygens (including phenoxy) is 1. The minimum absolute atomic E-state index is 0.0574. The number of ketones is 1. The number of piperazine rings is 1. The molecule has 2 atom stereocenters. The van der Waals surface area contributed by atoms with E-state index in [0.29, 0.717) is 6.42 Å². The number of nitrogens with zero attached hydrogens (tertiary/aromatic N) is 2. The molecule has 0 N–H and O–H groups in total. The van der Waals surface area contributed by atoms with Crippen molar-refractivity contribution in [3.63, 3.8) is 0 Å². The summed E-state index contributed by atoms with van der Waals surface area (Å²) in [6.07, 6.45) is 2.63. The Bertz CT molecular complexity index is 704. The van der Waals surface area contributed by atoms with E-state index in [2.05, 4.69) is 48.9 Å². The smallest absolute Gasteiger partial charge is 0.163 e. The van der Waals surface area contributed by atoms with Crippen molar-refractivity contribution in [2.24, 2.45) is 0 Å². The van der Waals surface area contributed by atoms with Crippen LogP contribution in [0.3, 0.4) is 0 Å². The van der Waals surface area contributed by atoms with Crippen molar-refractivity contribution in [2.45, 2.75) is 31.8 Å². The monoisotopic (exact) mass is 326 g/mol. The summed E-state index contributed by atoms with van der Waals surface area (Å²) in [6, 6.07) is 6.35. The molecule has 1 aromatic carbocycles. The van der Waals surface area contributed by atoms with Gasteiger partial charge in [-0.25, -0.2) is 0 Å². The fourth-order valence-electron chi connectivity index (χ4n) is 4.16. The van der Waals surface area contributed by atoms with Crippen LogP contribution in [0.1, 0.15) is 24.5 Å². The highest BCUT2D eigenvalue weighted by Crippen LogP contribution is 2.48. The second-order valence-electron chi connectivity index (χ2n) is 7.77. The molecule has 4 heteroatoms. The van der Waals surface area contributed by atoms with Gasteiger partial charge >= 0.3 is 0 Å². The van der Waals surface area contributed by atoms with Crippen LogP contribution < -0.4 is 4.74 Å². The molecule has 1 aliphatic carbocycles. The predicted octanol–water partition coefficient (Wildman–Crippen LogP) is 2.16. The molecule has 2 aliphatic heterocycles. The number of benzene rings is 1. The number of Topliss-reactive ketones (excluding diaryl/α,β-unsaturated/α-hetero) is 1. The fraction of sp³-hybridized carbons (Fsp3) is 0.550. The first-order valence-electron chi connectivity index (χ1n) is 8.89. The van der Waals surface area contributed by atoms with Gasteiger partial charge in [-0.2, -0.15) is 0 Å². The average Bonchev–Trinajstić information content (AvgIpc) is 2.82. The van der Waals surface area contributed by atoms with E-state index in [-0.39, 0.29) is 17.3 Å². The summed E-state index contributed by atoms with van der Waals surface area (Å²) in [5.41, 5.74) is 3.26. The highest BCUT2D eigenvalue weighted by Gasteiger charge is 2.48. The Morgan fingerprint density at radius 3 is 2.75 bits per heavy atom. The molecule has 0 bridgehead atoms. The van der Waals surface area contributed by atoms with Crippen molar-refractivity contribution in [1.82, 2.24) is 9.80 Å². The van der Waals surface area contributed by atoms with Crippen LogP contribution in [0, 0.1) is 6.92 Å². The minimum atomic E-state index is -0.183. The highest BCUT2D eigenvalue weighted by molar-refractivity contribution is 5.98. The molecule has 1 aromatic rings. The Labute approximate surface area is 144 Å². The third-order valence-electron chi connectivity index (χ3n) is 5.85. The molecule has 4 nitrogen and oxygen atoms in total. The van der Waals surface area contributed by atoms with Crippen molar-refractivity contribution < 1.29 is 9.53 Å². The average molecular weight is 326 g/mol. The maximum Gasteiger partial charge on any atom is 0.163 e. The molecule has 0 unspecified atom stereocenters. The van der Waals surface area contributed by atoms with Crippen LogP contribution >= 0.6 is 0 Å². The van der Waals surface area contributed by atoms with Gasteiger partial charge in [0.1, 0.15) is 11.9 Å². The lowest BCUT2D eigenvalue weighted by atomic mass is 9.71. The maximum absolute atomic E-state index is 12.6. The lowest BCUT2D eigenvalue weighted by Crippen LogP contribution is -2.47. The molecule has 128 valence electrons. The Balaban J connectivity index is 1.63. The van der Waals surface area contributed by atoms with Gasteiger partial charge in [-0.15, -0.1) is 0 Å². The van der Waals surface area contributed by atoms with Crippen LogP contribution in [0.2, 0.25) is 0 Å². The number of rotatable bonds is 2. The minimum Gasteiger partial charge on any atom is -0.488 e. The van der Waals surface area contributed by atoms with Crippen molar-refractivity contribution in [3.05, 3.63) is 41.0 Å². The first-order chi connectivity index (χ1) is 11.5. The lowest BCUT2D eigenvalue weighted by Gasteiger charge is -2.36. The fourth-order valence-corrected chi connectivity index (χ4v) is 4.16. The highest BCUT2D eigenvalue weighted by atomic mass is 16.5. The van der Waals surface area contributed by atoms with Crippen molar-refractivity contribution in [1.29, 1.82) is 0 Å². The number of likely N-dealkylation sites (N-methyl/N-ethyl adjacent to an activating group) is 1. The standard InChI is InChI=1S/C20H26N2O2/c1-14-4-5-18-16(10-14)20(2)12-15(17(23)11-19(20)24-18)13-22-8-6-21(3)7-9-22/h4-5,10,12,19H,6-9,11,13H2,1-3H3/t19-,20+/m0/s1. The summed E-state index contributed by atoms with van der Waals surface area (Å²) in [5.74, 6) is 1.19. The van der Waals surface area contributed by atoms with Crippen LogP contribution in [0.5, 0.6) is 5.75 Å². The van der Waals surface area contributed by atoms with Gasteiger partial charge in [0.05, 0.1) is 5.41 Å². The molecule has 4 rings (SSSR count).